The van der Waals surface area contributed by atoms with Crippen molar-refractivity contribution >= 4 is 5.97 Å². The lowest BCUT2D eigenvalue weighted by molar-refractivity contribution is 0.0600. The highest BCUT2D eigenvalue weighted by Gasteiger charge is 2.25. The fraction of sp³-hybridized carbons (Fsp3) is 0.368. The van der Waals surface area contributed by atoms with Crippen LogP contribution in [0, 0.1) is 0 Å². The summed E-state index contributed by atoms with van der Waals surface area (Å²) in [6.45, 7) is 0.937. The van der Waals surface area contributed by atoms with Gasteiger partial charge in [-0.2, -0.15) is 0 Å². The molecule has 2 unspecified atom stereocenters. The summed E-state index contributed by atoms with van der Waals surface area (Å²) in [7, 11) is 3.03. The average molecular weight is 326 g/mol. The first-order valence-electron chi connectivity index (χ1n) is 8.14. The van der Waals surface area contributed by atoms with Crippen molar-refractivity contribution in [2.75, 3.05) is 20.8 Å². The van der Waals surface area contributed by atoms with Crippen LogP contribution >= 0.6 is 0 Å². The van der Waals surface area contributed by atoms with Crippen LogP contribution < -0.4 is 10.1 Å². The van der Waals surface area contributed by atoms with Crippen molar-refractivity contribution < 1.29 is 14.3 Å². The van der Waals surface area contributed by atoms with Gasteiger partial charge >= 0.3 is 5.97 Å². The number of pyridine rings is 1. The van der Waals surface area contributed by atoms with Gasteiger partial charge < -0.3 is 14.8 Å². The van der Waals surface area contributed by atoms with Crippen LogP contribution in [0.15, 0.2) is 42.5 Å². The molecule has 0 aliphatic carbocycles. The van der Waals surface area contributed by atoms with Crippen LogP contribution in [0.25, 0.3) is 0 Å². The first-order chi connectivity index (χ1) is 11.7. The molecule has 1 fully saturated rings. The Hall–Kier alpha value is -2.40. The fourth-order valence-electron chi connectivity index (χ4n) is 3.18. The van der Waals surface area contributed by atoms with Gasteiger partial charge in [0.05, 0.1) is 19.8 Å². The van der Waals surface area contributed by atoms with Crippen molar-refractivity contribution in [2.24, 2.45) is 0 Å². The topological polar surface area (TPSA) is 60.5 Å². The Bertz CT molecular complexity index is 700. The van der Waals surface area contributed by atoms with Crippen LogP contribution in [0.3, 0.4) is 0 Å². The number of nitrogens with one attached hydrogen (secondary N) is 1. The minimum absolute atomic E-state index is 0.253. The van der Waals surface area contributed by atoms with Crippen molar-refractivity contribution in [3.05, 3.63) is 59.3 Å². The van der Waals surface area contributed by atoms with E-state index in [0.717, 1.165) is 25.1 Å². The van der Waals surface area contributed by atoms with Gasteiger partial charge in [0.2, 0.25) is 5.88 Å². The number of rotatable bonds is 4. The highest BCUT2D eigenvalue weighted by Crippen LogP contribution is 2.34. The number of esters is 1. The maximum absolute atomic E-state index is 11.5. The molecule has 0 bridgehead atoms. The molecule has 5 nitrogen and oxygen atoms in total. The van der Waals surface area contributed by atoms with Crippen LogP contribution in [-0.4, -0.2) is 31.7 Å². The molecule has 2 aromatic rings. The Labute approximate surface area is 142 Å². The number of hydrogen-bond donors (Lipinski definition) is 1. The summed E-state index contributed by atoms with van der Waals surface area (Å²) in [6, 6.07) is 13.8. The molecule has 0 spiro atoms. The summed E-state index contributed by atoms with van der Waals surface area (Å²) in [5.41, 5.74) is 2.82. The summed E-state index contributed by atoms with van der Waals surface area (Å²) in [5.74, 6) is 0.744. The Balaban J connectivity index is 1.74. The SMILES string of the molecule is COC(=O)c1ccc(C2CC(c3cccc(OC)n3)CCN2)cc1. The van der Waals surface area contributed by atoms with E-state index in [4.69, 9.17) is 9.47 Å². The zero-order chi connectivity index (χ0) is 16.9. The largest absolute Gasteiger partial charge is 0.481 e. The Kier molecular flexibility index (Phi) is 5.11. The van der Waals surface area contributed by atoms with Crippen LogP contribution in [0.2, 0.25) is 0 Å². The summed E-state index contributed by atoms with van der Waals surface area (Å²) < 4.78 is 9.98. The molecular weight excluding hydrogens is 304 g/mol. The maximum Gasteiger partial charge on any atom is 0.337 e. The van der Waals surface area contributed by atoms with Crippen LogP contribution in [0.5, 0.6) is 5.88 Å². The molecule has 1 N–H and O–H groups in total. The smallest absolute Gasteiger partial charge is 0.337 e. The molecular formula is C19H22N2O3. The minimum atomic E-state index is -0.309. The molecule has 24 heavy (non-hydrogen) atoms. The van der Waals surface area contributed by atoms with E-state index in [-0.39, 0.29) is 12.0 Å². The molecule has 126 valence electrons. The molecule has 0 amide bonds. The third-order valence-electron chi connectivity index (χ3n) is 4.51. The predicted molar refractivity (Wildman–Crippen MR) is 91.3 cm³/mol. The predicted octanol–water partition coefficient (Wildman–Crippen LogP) is 3.09. The third-order valence-corrected chi connectivity index (χ3v) is 4.51. The Morgan fingerprint density at radius 3 is 2.67 bits per heavy atom. The van der Waals surface area contributed by atoms with Crippen molar-refractivity contribution in [3.8, 4) is 5.88 Å². The Morgan fingerprint density at radius 2 is 1.96 bits per heavy atom. The second kappa shape index (κ2) is 7.45. The lowest BCUT2D eigenvalue weighted by Crippen LogP contribution is -2.31. The normalized spacial score (nSPS) is 20.4. The lowest BCUT2D eigenvalue weighted by atomic mass is 9.86. The standard InChI is InChI=1S/C19H22N2O3/c1-23-18-5-3-4-16(21-18)15-10-11-20-17(12-15)13-6-8-14(9-7-13)19(22)24-2/h3-9,15,17,20H,10-12H2,1-2H3. The number of piperidine rings is 1. The van der Waals surface area contributed by atoms with E-state index in [2.05, 4.69) is 16.4 Å². The number of carbonyl (C=O) groups excluding carboxylic acids is 1. The molecule has 1 aromatic carbocycles. The average Bonchev–Trinajstić information content (AvgIpc) is 2.67. The zero-order valence-corrected chi connectivity index (χ0v) is 14.0. The van der Waals surface area contributed by atoms with Crippen LogP contribution in [0.4, 0.5) is 0 Å². The number of carbonyl (C=O) groups is 1. The summed E-state index contributed by atoms with van der Waals surface area (Å²) >= 11 is 0. The van der Waals surface area contributed by atoms with Gasteiger partial charge in [-0.15, -0.1) is 0 Å². The van der Waals surface area contributed by atoms with Gasteiger partial charge in [-0.1, -0.05) is 18.2 Å². The molecule has 0 saturated carbocycles. The van der Waals surface area contributed by atoms with Gasteiger partial charge in [0, 0.05) is 23.7 Å². The third kappa shape index (κ3) is 3.57. The molecule has 1 aliphatic rings. The minimum Gasteiger partial charge on any atom is -0.481 e. The van der Waals surface area contributed by atoms with E-state index in [1.54, 1.807) is 7.11 Å². The summed E-state index contributed by atoms with van der Waals surface area (Å²) in [6.07, 6.45) is 2.02. The van der Waals surface area contributed by atoms with E-state index < -0.39 is 0 Å². The quantitative estimate of drug-likeness (QED) is 0.875. The molecule has 3 rings (SSSR count). The molecule has 1 saturated heterocycles. The molecule has 1 aromatic heterocycles. The zero-order valence-electron chi connectivity index (χ0n) is 14.0. The van der Waals surface area contributed by atoms with Crippen LogP contribution in [-0.2, 0) is 4.74 Å². The second-order valence-electron chi connectivity index (χ2n) is 5.95. The maximum atomic E-state index is 11.5. The first kappa shape index (κ1) is 16.5. The number of hydrogen-bond acceptors (Lipinski definition) is 5. The highest BCUT2D eigenvalue weighted by atomic mass is 16.5. The highest BCUT2D eigenvalue weighted by molar-refractivity contribution is 5.89. The molecule has 5 heteroatoms. The van der Waals surface area contributed by atoms with Crippen LogP contribution in [0.1, 0.15) is 46.4 Å². The molecule has 0 radical (unpaired) electrons. The second-order valence-corrected chi connectivity index (χ2v) is 5.95. The van der Waals surface area contributed by atoms with E-state index >= 15 is 0 Å². The fourth-order valence-corrected chi connectivity index (χ4v) is 3.18. The number of ether oxygens (including phenoxy) is 2. The van der Waals surface area contributed by atoms with Gasteiger partial charge in [0.15, 0.2) is 0 Å². The van der Waals surface area contributed by atoms with Gasteiger partial charge in [-0.3, -0.25) is 0 Å². The van der Waals surface area contributed by atoms with Gasteiger partial charge in [-0.25, -0.2) is 9.78 Å². The van der Waals surface area contributed by atoms with Gasteiger partial charge in [-0.05, 0) is 43.1 Å². The number of methoxy groups -OCH3 is 2. The van der Waals surface area contributed by atoms with E-state index in [9.17, 15) is 4.79 Å². The molecule has 2 atom stereocenters. The number of nitrogens with zero attached hydrogens (tertiary/aromatic N) is 1. The van der Waals surface area contributed by atoms with E-state index in [0.29, 0.717) is 17.4 Å². The van der Waals surface area contributed by atoms with Crippen molar-refractivity contribution in [1.29, 1.82) is 0 Å². The summed E-state index contributed by atoms with van der Waals surface area (Å²) in [5, 5.41) is 3.55. The number of benzene rings is 1. The summed E-state index contributed by atoms with van der Waals surface area (Å²) in [4.78, 5) is 16.1. The lowest BCUT2D eigenvalue weighted by Gasteiger charge is -2.30. The van der Waals surface area contributed by atoms with E-state index in [1.807, 2.05) is 36.4 Å². The van der Waals surface area contributed by atoms with Crippen molar-refractivity contribution in [2.45, 2.75) is 24.8 Å². The Morgan fingerprint density at radius 1 is 1.17 bits per heavy atom. The number of aromatic nitrogens is 1. The van der Waals surface area contributed by atoms with Gasteiger partial charge in [0.25, 0.3) is 0 Å². The van der Waals surface area contributed by atoms with Crippen molar-refractivity contribution in [1.82, 2.24) is 10.3 Å². The monoisotopic (exact) mass is 326 g/mol. The van der Waals surface area contributed by atoms with E-state index in [1.165, 1.54) is 12.7 Å². The van der Waals surface area contributed by atoms with Crippen molar-refractivity contribution in [3.63, 3.8) is 0 Å². The first-order valence-corrected chi connectivity index (χ1v) is 8.14. The van der Waals surface area contributed by atoms with Gasteiger partial charge in [0.1, 0.15) is 0 Å². The molecule has 2 heterocycles. The molecule has 1 aliphatic heterocycles.